The first kappa shape index (κ1) is 19.6. The summed E-state index contributed by atoms with van der Waals surface area (Å²) in [6.07, 6.45) is 3.97. The van der Waals surface area contributed by atoms with Crippen LogP contribution in [0.15, 0.2) is 4.99 Å². The van der Waals surface area contributed by atoms with Crippen molar-refractivity contribution in [1.29, 1.82) is 0 Å². The number of nitrogens with zero attached hydrogens (tertiary/aromatic N) is 2. The van der Waals surface area contributed by atoms with Crippen molar-refractivity contribution in [3.05, 3.63) is 0 Å². The molecular formula is C17H34N4O2. The molecule has 1 aliphatic rings. The van der Waals surface area contributed by atoms with Crippen molar-refractivity contribution in [2.24, 2.45) is 4.99 Å². The highest BCUT2D eigenvalue weighted by molar-refractivity contribution is 5.80. The highest BCUT2D eigenvalue weighted by Crippen LogP contribution is 2.09. The molecule has 134 valence electrons. The average Bonchev–Trinajstić information content (AvgIpc) is 2.95. The lowest BCUT2D eigenvalue weighted by atomic mass is 10.1. The number of aliphatic imine (C=N–C) groups is 1. The lowest BCUT2D eigenvalue weighted by molar-refractivity contribution is 0.0503. The molecule has 1 aliphatic heterocycles. The van der Waals surface area contributed by atoms with Gasteiger partial charge in [-0.2, -0.15) is 0 Å². The number of ether oxygens (including phenoxy) is 1. The maximum Gasteiger partial charge on any atom is 0.407 e. The van der Waals surface area contributed by atoms with E-state index < -0.39 is 5.60 Å². The number of hydrogen-bond acceptors (Lipinski definition) is 3. The fraction of sp³-hybridized carbons (Fsp3) is 0.882. The van der Waals surface area contributed by atoms with Gasteiger partial charge < -0.3 is 20.3 Å². The summed E-state index contributed by atoms with van der Waals surface area (Å²) in [5.41, 5.74) is -0.478. The number of alkyl carbamates (subject to hydrolysis) is 1. The number of guanidine groups is 1. The Morgan fingerprint density at radius 1 is 1.26 bits per heavy atom. The van der Waals surface area contributed by atoms with Crippen molar-refractivity contribution in [2.45, 2.75) is 71.9 Å². The van der Waals surface area contributed by atoms with Gasteiger partial charge in [-0.15, -0.1) is 0 Å². The number of carbonyl (C=O) groups is 1. The van der Waals surface area contributed by atoms with Crippen LogP contribution in [0.25, 0.3) is 0 Å². The van der Waals surface area contributed by atoms with Crippen molar-refractivity contribution in [3.63, 3.8) is 0 Å². The summed E-state index contributed by atoms with van der Waals surface area (Å²) in [5.74, 6) is 0.956. The summed E-state index contributed by atoms with van der Waals surface area (Å²) in [6.45, 7) is 13.3. The van der Waals surface area contributed by atoms with E-state index in [1.165, 1.54) is 12.8 Å². The van der Waals surface area contributed by atoms with Gasteiger partial charge in [-0.3, -0.25) is 4.99 Å². The Bertz CT molecular complexity index is 385. The second-order valence-corrected chi connectivity index (χ2v) is 7.02. The van der Waals surface area contributed by atoms with E-state index in [0.29, 0.717) is 6.54 Å². The minimum atomic E-state index is -0.478. The van der Waals surface area contributed by atoms with Crippen molar-refractivity contribution < 1.29 is 9.53 Å². The number of nitrogens with one attached hydrogen (secondary N) is 2. The van der Waals surface area contributed by atoms with Crippen LogP contribution in [0.1, 0.15) is 60.3 Å². The van der Waals surface area contributed by atoms with E-state index in [9.17, 15) is 4.79 Å². The van der Waals surface area contributed by atoms with Crippen molar-refractivity contribution in [3.8, 4) is 0 Å². The van der Waals surface area contributed by atoms with Gasteiger partial charge in [0.2, 0.25) is 0 Å². The van der Waals surface area contributed by atoms with E-state index in [1.54, 1.807) is 0 Å². The van der Waals surface area contributed by atoms with E-state index in [2.05, 4.69) is 29.4 Å². The topological polar surface area (TPSA) is 66.0 Å². The van der Waals surface area contributed by atoms with Crippen LogP contribution in [-0.2, 0) is 4.74 Å². The summed E-state index contributed by atoms with van der Waals surface area (Å²) in [6, 6.07) is 0.00566. The van der Waals surface area contributed by atoms with Gasteiger partial charge in [-0.25, -0.2) is 4.79 Å². The minimum Gasteiger partial charge on any atom is -0.444 e. The number of hydrogen-bond donors (Lipinski definition) is 2. The Morgan fingerprint density at radius 2 is 1.91 bits per heavy atom. The molecule has 1 atom stereocenters. The van der Waals surface area contributed by atoms with Crippen LogP contribution in [0, 0.1) is 0 Å². The Hall–Kier alpha value is -1.46. The van der Waals surface area contributed by atoms with Gasteiger partial charge in [-0.1, -0.05) is 13.3 Å². The van der Waals surface area contributed by atoms with Crippen LogP contribution in [0.2, 0.25) is 0 Å². The van der Waals surface area contributed by atoms with Gasteiger partial charge >= 0.3 is 6.09 Å². The number of rotatable bonds is 6. The molecule has 1 heterocycles. The molecule has 0 saturated carbocycles. The Morgan fingerprint density at radius 3 is 2.43 bits per heavy atom. The molecule has 0 aliphatic carbocycles. The molecule has 0 bridgehead atoms. The maximum atomic E-state index is 12.0. The van der Waals surface area contributed by atoms with Crippen LogP contribution in [-0.4, -0.2) is 54.8 Å². The molecule has 0 spiro atoms. The molecule has 0 aromatic rings. The number of amides is 1. The summed E-state index contributed by atoms with van der Waals surface area (Å²) >= 11 is 0. The van der Waals surface area contributed by atoms with Crippen LogP contribution in [0.4, 0.5) is 4.79 Å². The van der Waals surface area contributed by atoms with E-state index in [4.69, 9.17) is 9.73 Å². The lowest BCUT2D eigenvalue weighted by Gasteiger charge is -2.24. The molecule has 2 N–H and O–H groups in total. The predicted octanol–water partition coefficient (Wildman–Crippen LogP) is 2.74. The fourth-order valence-electron chi connectivity index (χ4n) is 2.58. The quantitative estimate of drug-likeness (QED) is 0.582. The minimum absolute atomic E-state index is 0.00566. The zero-order valence-electron chi connectivity index (χ0n) is 15.4. The molecular weight excluding hydrogens is 292 g/mol. The van der Waals surface area contributed by atoms with Gasteiger partial charge in [0.25, 0.3) is 0 Å². The zero-order valence-corrected chi connectivity index (χ0v) is 15.4. The summed E-state index contributed by atoms with van der Waals surface area (Å²) in [7, 11) is 0. The molecule has 6 nitrogen and oxygen atoms in total. The van der Waals surface area contributed by atoms with E-state index >= 15 is 0 Å². The van der Waals surface area contributed by atoms with Crippen molar-refractivity contribution in [2.75, 3.05) is 26.2 Å². The Balaban J connectivity index is 2.61. The van der Waals surface area contributed by atoms with Gasteiger partial charge in [0, 0.05) is 19.6 Å². The molecule has 1 rings (SSSR count). The molecule has 1 saturated heterocycles. The van der Waals surface area contributed by atoms with E-state index in [0.717, 1.165) is 38.4 Å². The van der Waals surface area contributed by atoms with Crippen LogP contribution in [0.5, 0.6) is 0 Å². The van der Waals surface area contributed by atoms with Gasteiger partial charge in [0.15, 0.2) is 5.96 Å². The van der Waals surface area contributed by atoms with Crippen LogP contribution < -0.4 is 10.6 Å². The zero-order chi connectivity index (χ0) is 17.3. The summed E-state index contributed by atoms with van der Waals surface area (Å²) in [4.78, 5) is 19.0. The molecule has 1 amide bonds. The molecule has 1 unspecified atom stereocenters. The second kappa shape index (κ2) is 9.63. The molecule has 23 heavy (non-hydrogen) atoms. The molecule has 6 heteroatoms. The van der Waals surface area contributed by atoms with Crippen molar-refractivity contribution >= 4 is 12.1 Å². The maximum absolute atomic E-state index is 12.0. The van der Waals surface area contributed by atoms with Crippen LogP contribution >= 0.6 is 0 Å². The summed E-state index contributed by atoms with van der Waals surface area (Å²) < 4.78 is 5.34. The standard InChI is InChI=1S/C17H34N4O2/c1-6-10-14(20-16(22)23-17(3,4)5)13-19-15(18-7-2)21-11-8-9-12-21/h14H,6-13H2,1-5H3,(H,18,19)(H,20,22). The Kier molecular flexibility index (Phi) is 8.20. The first-order valence-electron chi connectivity index (χ1n) is 8.88. The third-order valence-corrected chi connectivity index (χ3v) is 3.56. The molecule has 0 aromatic carbocycles. The normalized spacial score (nSPS) is 17.1. The fourth-order valence-corrected chi connectivity index (χ4v) is 2.58. The highest BCUT2D eigenvalue weighted by atomic mass is 16.6. The number of likely N-dealkylation sites (tertiary alicyclic amines) is 1. The third-order valence-electron chi connectivity index (χ3n) is 3.56. The van der Waals surface area contributed by atoms with E-state index in [-0.39, 0.29) is 12.1 Å². The smallest absolute Gasteiger partial charge is 0.407 e. The molecule has 1 fully saturated rings. The van der Waals surface area contributed by atoms with Crippen LogP contribution in [0.3, 0.4) is 0 Å². The largest absolute Gasteiger partial charge is 0.444 e. The molecule has 0 radical (unpaired) electrons. The molecule has 0 aromatic heterocycles. The first-order valence-corrected chi connectivity index (χ1v) is 8.88. The number of carbonyl (C=O) groups excluding carboxylic acids is 1. The second-order valence-electron chi connectivity index (χ2n) is 7.02. The third kappa shape index (κ3) is 8.09. The first-order chi connectivity index (χ1) is 10.9. The monoisotopic (exact) mass is 326 g/mol. The lowest BCUT2D eigenvalue weighted by Crippen LogP contribution is -2.43. The SMILES string of the molecule is CCCC(CN=C(NCC)N1CCCC1)NC(=O)OC(C)(C)C. The van der Waals surface area contributed by atoms with Gasteiger partial charge in [0.1, 0.15) is 5.60 Å². The van der Waals surface area contributed by atoms with Gasteiger partial charge in [0.05, 0.1) is 12.6 Å². The predicted molar refractivity (Wildman–Crippen MR) is 94.9 cm³/mol. The average molecular weight is 326 g/mol. The highest BCUT2D eigenvalue weighted by Gasteiger charge is 2.20. The van der Waals surface area contributed by atoms with E-state index in [1.807, 2.05) is 20.8 Å². The Labute approximate surface area is 141 Å². The van der Waals surface area contributed by atoms with Crippen molar-refractivity contribution in [1.82, 2.24) is 15.5 Å². The summed E-state index contributed by atoms with van der Waals surface area (Å²) in [5, 5.41) is 6.29. The van der Waals surface area contributed by atoms with Gasteiger partial charge in [-0.05, 0) is 47.0 Å².